The molecule has 0 saturated carbocycles. The number of carbonyl (C=O) groups excluding carboxylic acids is 1. The lowest BCUT2D eigenvalue weighted by Crippen LogP contribution is -2.59. The molecule has 3 unspecified atom stereocenters. The predicted octanol–water partition coefficient (Wildman–Crippen LogP) is 1.43. The second kappa shape index (κ2) is 4.25. The van der Waals surface area contributed by atoms with Crippen LogP contribution in [0, 0.1) is 0 Å². The Balaban J connectivity index is 2.06. The van der Waals surface area contributed by atoms with Crippen LogP contribution in [0.5, 0.6) is 0 Å². The number of carboxylic acids is 1. The number of thiophene rings is 1. The number of amides is 1. The van der Waals surface area contributed by atoms with E-state index in [1.165, 1.54) is 11.9 Å². The number of rotatable bonds is 2. The molecule has 3 heterocycles. The first kappa shape index (κ1) is 12.0. The van der Waals surface area contributed by atoms with Crippen molar-refractivity contribution < 1.29 is 14.7 Å². The van der Waals surface area contributed by atoms with Gasteiger partial charge in [-0.15, -0.1) is 11.3 Å². The van der Waals surface area contributed by atoms with Crippen molar-refractivity contribution in [3.8, 4) is 0 Å². The minimum absolute atomic E-state index is 0.000556. The summed E-state index contributed by atoms with van der Waals surface area (Å²) in [5.41, 5.74) is 1.15. The van der Waals surface area contributed by atoms with Crippen molar-refractivity contribution in [1.82, 2.24) is 9.21 Å². The molecule has 1 aromatic heterocycles. The number of hydrogen-bond acceptors (Lipinski definition) is 5. The Bertz CT molecular complexity index is 516. The topological polar surface area (TPSA) is 60.9 Å². The number of aliphatic carboxylic acids is 1. The molecule has 5 nitrogen and oxygen atoms in total. The number of hydrogen-bond donors (Lipinski definition) is 1. The lowest BCUT2D eigenvalue weighted by Gasteiger charge is -2.46. The van der Waals surface area contributed by atoms with Crippen LogP contribution < -0.4 is 0 Å². The first-order chi connectivity index (χ1) is 8.63. The number of likely N-dealkylation sites (N-methyl/N-ethyl adjacent to an activating group) is 1. The van der Waals surface area contributed by atoms with E-state index >= 15 is 0 Å². The van der Waals surface area contributed by atoms with Gasteiger partial charge in [-0.05, 0) is 30.3 Å². The zero-order valence-corrected chi connectivity index (χ0v) is 11.3. The summed E-state index contributed by atoms with van der Waals surface area (Å²) in [4.78, 5) is 25.2. The fourth-order valence-electron chi connectivity index (χ4n) is 2.50. The normalized spacial score (nSPS) is 30.2. The van der Waals surface area contributed by atoms with Crippen molar-refractivity contribution in [2.24, 2.45) is 0 Å². The molecule has 0 aromatic carbocycles. The number of piperazine rings is 1. The minimum atomic E-state index is -1.07. The van der Waals surface area contributed by atoms with E-state index in [1.807, 2.05) is 18.4 Å². The van der Waals surface area contributed by atoms with Gasteiger partial charge in [0, 0.05) is 18.7 Å². The Morgan fingerprint density at radius 2 is 2.39 bits per heavy atom. The van der Waals surface area contributed by atoms with Crippen molar-refractivity contribution in [3.63, 3.8) is 0 Å². The van der Waals surface area contributed by atoms with Crippen LogP contribution in [0.3, 0.4) is 0 Å². The van der Waals surface area contributed by atoms with Crippen molar-refractivity contribution in [2.75, 3.05) is 13.1 Å². The summed E-state index contributed by atoms with van der Waals surface area (Å²) < 4.78 is 2.80. The van der Waals surface area contributed by atoms with Crippen LogP contribution in [0.25, 0.3) is 0 Å². The van der Waals surface area contributed by atoms with Gasteiger partial charge >= 0.3 is 5.97 Å². The molecular formula is C11H12N2O3S2. The van der Waals surface area contributed by atoms with E-state index < -0.39 is 12.0 Å². The Hall–Kier alpha value is -1.05. The number of fused-ring (bicyclic) bond motifs is 4. The van der Waals surface area contributed by atoms with Gasteiger partial charge < -0.3 is 10.0 Å². The molecule has 1 N–H and O–H groups in total. The van der Waals surface area contributed by atoms with E-state index in [9.17, 15) is 14.7 Å². The summed E-state index contributed by atoms with van der Waals surface area (Å²) in [6.07, 6.45) is 0. The highest BCUT2D eigenvalue weighted by atomic mass is 32.2. The van der Waals surface area contributed by atoms with Crippen molar-refractivity contribution >= 4 is 35.2 Å². The number of carboxylic acid groups (broad SMARTS) is 1. The molecule has 1 aromatic rings. The lowest BCUT2D eigenvalue weighted by molar-refractivity contribution is -0.156. The minimum Gasteiger partial charge on any atom is -0.480 e. The molecule has 0 aliphatic carbocycles. The van der Waals surface area contributed by atoms with E-state index in [1.54, 1.807) is 20.5 Å². The van der Waals surface area contributed by atoms with E-state index in [2.05, 4.69) is 0 Å². The van der Waals surface area contributed by atoms with Gasteiger partial charge in [0.15, 0.2) is 6.04 Å². The van der Waals surface area contributed by atoms with E-state index in [0.29, 0.717) is 13.1 Å². The largest absolute Gasteiger partial charge is 0.480 e. The van der Waals surface area contributed by atoms with E-state index in [4.69, 9.17) is 0 Å². The molecule has 1 amide bonds. The predicted molar refractivity (Wildman–Crippen MR) is 68.4 cm³/mol. The Morgan fingerprint density at radius 1 is 1.61 bits per heavy atom. The maximum atomic E-state index is 12.2. The Labute approximate surface area is 113 Å². The molecule has 1 fully saturated rings. The highest BCUT2D eigenvalue weighted by molar-refractivity contribution is 7.99. The number of carbonyl (C=O) groups is 2. The van der Waals surface area contributed by atoms with Gasteiger partial charge in [0.05, 0.1) is 10.3 Å². The quantitative estimate of drug-likeness (QED) is 0.657. The SMILES string of the molecule is CCN1C(=O)C(C(=O)O)N2CC1c1ccsc1S2. The highest BCUT2D eigenvalue weighted by Crippen LogP contribution is 2.46. The molecular weight excluding hydrogens is 272 g/mol. The molecule has 2 bridgehead atoms. The summed E-state index contributed by atoms with van der Waals surface area (Å²) in [5, 5.41) is 11.2. The number of nitrogens with zero attached hydrogens (tertiary/aromatic N) is 2. The molecule has 0 radical (unpaired) electrons. The summed E-state index contributed by atoms with van der Waals surface area (Å²) in [5.74, 6) is -1.37. The van der Waals surface area contributed by atoms with Gasteiger partial charge in [-0.2, -0.15) is 0 Å². The second-order valence-electron chi connectivity index (χ2n) is 4.24. The van der Waals surface area contributed by atoms with Crippen molar-refractivity contribution in [3.05, 3.63) is 17.0 Å². The molecule has 2 aliphatic heterocycles. The second-order valence-corrected chi connectivity index (χ2v) is 6.47. The highest BCUT2D eigenvalue weighted by Gasteiger charge is 2.48. The van der Waals surface area contributed by atoms with Crippen LogP contribution in [-0.4, -0.2) is 45.3 Å². The molecule has 96 valence electrons. The van der Waals surface area contributed by atoms with Crippen LogP contribution in [0.1, 0.15) is 18.5 Å². The van der Waals surface area contributed by atoms with Crippen LogP contribution in [0.15, 0.2) is 15.7 Å². The maximum absolute atomic E-state index is 12.2. The van der Waals surface area contributed by atoms with Crippen molar-refractivity contribution in [2.45, 2.75) is 23.2 Å². The summed E-state index contributed by atoms with van der Waals surface area (Å²) in [6, 6.07) is 0.980. The zero-order valence-electron chi connectivity index (χ0n) is 9.70. The lowest BCUT2D eigenvalue weighted by atomic mass is 10.0. The average Bonchev–Trinajstić information content (AvgIpc) is 2.77. The van der Waals surface area contributed by atoms with Gasteiger partial charge in [-0.3, -0.25) is 4.79 Å². The van der Waals surface area contributed by atoms with Gasteiger partial charge in [0.2, 0.25) is 0 Å². The summed E-state index contributed by atoms with van der Waals surface area (Å²) in [7, 11) is 0. The van der Waals surface area contributed by atoms with Crippen LogP contribution >= 0.6 is 23.3 Å². The smallest absolute Gasteiger partial charge is 0.331 e. The summed E-state index contributed by atoms with van der Waals surface area (Å²) in [6.45, 7) is 3.02. The van der Waals surface area contributed by atoms with Gasteiger partial charge in [-0.25, -0.2) is 9.10 Å². The van der Waals surface area contributed by atoms with Gasteiger partial charge in [-0.1, -0.05) is 0 Å². The van der Waals surface area contributed by atoms with Gasteiger partial charge in [0.1, 0.15) is 0 Å². The average molecular weight is 284 g/mol. The first-order valence-corrected chi connectivity index (χ1v) is 7.34. The fraction of sp³-hybridized carbons (Fsp3) is 0.455. The first-order valence-electron chi connectivity index (χ1n) is 5.68. The molecule has 3 rings (SSSR count). The molecule has 7 heteroatoms. The molecule has 1 saturated heterocycles. The third-order valence-corrected chi connectivity index (χ3v) is 5.56. The van der Waals surface area contributed by atoms with Crippen LogP contribution in [0.4, 0.5) is 0 Å². The third-order valence-electron chi connectivity index (χ3n) is 3.33. The summed E-state index contributed by atoms with van der Waals surface area (Å²) >= 11 is 2.99. The van der Waals surface area contributed by atoms with Crippen LogP contribution in [-0.2, 0) is 9.59 Å². The molecule has 2 aliphatic rings. The maximum Gasteiger partial charge on any atom is 0.331 e. The van der Waals surface area contributed by atoms with E-state index in [-0.39, 0.29) is 11.9 Å². The third kappa shape index (κ3) is 1.58. The molecule has 18 heavy (non-hydrogen) atoms. The zero-order chi connectivity index (χ0) is 12.9. The monoisotopic (exact) mass is 284 g/mol. The molecule has 0 spiro atoms. The van der Waals surface area contributed by atoms with Gasteiger partial charge in [0.25, 0.3) is 5.91 Å². The van der Waals surface area contributed by atoms with Crippen LogP contribution in [0.2, 0.25) is 0 Å². The Kier molecular flexibility index (Phi) is 2.84. The van der Waals surface area contributed by atoms with Crippen molar-refractivity contribution in [1.29, 1.82) is 0 Å². The Morgan fingerprint density at radius 3 is 3.06 bits per heavy atom. The fourth-order valence-corrected chi connectivity index (χ4v) is 4.83. The standard InChI is InChI=1S/C11H12N2O3S2/c1-2-12-7-5-13(8(9(12)14)10(15)16)18-11-6(7)3-4-17-11/h3-4,7-8H,2,5H2,1H3,(H,15,16). The molecule has 3 atom stereocenters. The van der Waals surface area contributed by atoms with E-state index in [0.717, 1.165) is 9.77 Å².